The van der Waals surface area contributed by atoms with Crippen molar-refractivity contribution in [2.45, 2.75) is 12.5 Å². The molecule has 1 N–H and O–H groups in total. The minimum Gasteiger partial charge on any atom is -0.347 e. The van der Waals surface area contributed by atoms with Crippen LogP contribution in [-0.4, -0.2) is 44.6 Å². The predicted octanol–water partition coefficient (Wildman–Crippen LogP) is 2.40. The van der Waals surface area contributed by atoms with Crippen LogP contribution < -0.4 is 15.8 Å². The molecule has 1 fully saturated rings. The lowest BCUT2D eigenvalue weighted by Gasteiger charge is -2.17. The topological polar surface area (TPSA) is 93.0 Å². The Morgan fingerprint density at radius 3 is 2.84 bits per heavy atom. The second-order valence-electron chi connectivity index (χ2n) is 7.87. The zero-order valence-electron chi connectivity index (χ0n) is 17.6. The lowest BCUT2D eigenvalue weighted by Crippen LogP contribution is -2.40. The van der Waals surface area contributed by atoms with Crippen LogP contribution in [0.5, 0.6) is 0 Å². The van der Waals surface area contributed by atoms with E-state index in [4.69, 9.17) is 0 Å². The molecule has 1 aliphatic heterocycles. The van der Waals surface area contributed by atoms with Crippen LogP contribution in [-0.2, 0) is 7.05 Å². The van der Waals surface area contributed by atoms with Gasteiger partial charge in [0.1, 0.15) is 5.56 Å². The largest absolute Gasteiger partial charge is 0.347 e. The number of nitrogens with zero attached hydrogens (tertiary/aromatic N) is 5. The van der Waals surface area contributed by atoms with Crippen molar-refractivity contribution in [1.82, 2.24) is 24.8 Å². The first-order valence-corrected chi connectivity index (χ1v) is 10.5. The smallest absolute Gasteiger partial charge is 0.263 e. The molecule has 1 saturated heterocycles. The van der Waals surface area contributed by atoms with Gasteiger partial charge in [-0.05, 0) is 42.1 Å². The van der Waals surface area contributed by atoms with Crippen molar-refractivity contribution in [3.05, 3.63) is 83.0 Å². The molecule has 4 aromatic rings. The standard InChI is InChI=1S/C24H22N6O2/c1-29-21-7-3-2-5-16(21)13-19(23(29)32)22(31)27-18-9-12-30(15-18)24-26-11-8-20(28-24)17-6-4-10-25-14-17/h2-8,10-11,13-14,18H,9,12,15H2,1H3,(H,27,31). The number of para-hydroxylation sites is 1. The number of carbonyl (C=O) groups excluding carboxylic acids is 1. The van der Waals surface area contributed by atoms with E-state index in [0.717, 1.165) is 35.1 Å². The van der Waals surface area contributed by atoms with E-state index in [9.17, 15) is 9.59 Å². The average Bonchev–Trinajstić information content (AvgIpc) is 3.30. The Balaban J connectivity index is 1.32. The molecule has 160 valence electrons. The molecule has 0 aliphatic carbocycles. The molecule has 32 heavy (non-hydrogen) atoms. The van der Waals surface area contributed by atoms with E-state index in [1.165, 1.54) is 4.57 Å². The van der Waals surface area contributed by atoms with Crippen molar-refractivity contribution < 1.29 is 4.79 Å². The Hall–Kier alpha value is -4.07. The first-order valence-electron chi connectivity index (χ1n) is 10.5. The number of hydrogen-bond acceptors (Lipinski definition) is 6. The highest BCUT2D eigenvalue weighted by Gasteiger charge is 2.27. The van der Waals surface area contributed by atoms with Crippen LogP contribution in [0, 0.1) is 0 Å². The molecule has 1 atom stereocenters. The summed E-state index contributed by atoms with van der Waals surface area (Å²) in [5.41, 5.74) is 2.37. The first-order chi connectivity index (χ1) is 15.6. The molecule has 0 spiro atoms. The summed E-state index contributed by atoms with van der Waals surface area (Å²) >= 11 is 0. The van der Waals surface area contributed by atoms with Crippen LogP contribution in [0.1, 0.15) is 16.8 Å². The number of nitrogens with one attached hydrogen (secondary N) is 1. The Kier molecular flexibility index (Phi) is 5.10. The van der Waals surface area contributed by atoms with Crippen molar-refractivity contribution in [2.24, 2.45) is 7.05 Å². The minimum absolute atomic E-state index is 0.0932. The van der Waals surface area contributed by atoms with Crippen LogP contribution in [0.2, 0.25) is 0 Å². The van der Waals surface area contributed by atoms with Gasteiger partial charge in [-0.3, -0.25) is 14.6 Å². The van der Waals surface area contributed by atoms with E-state index >= 15 is 0 Å². The molecule has 0 bridgehead atoms. The van der Waals surface area contributed by atoms with Gasteiger partial charge in [-0.2, -0.15) is 0 Å². The van der Waals surface area contributed by atoms with E-state index in [0.29, 0.717) is 12.5 Å². The normalized spacial score (nSPS) is 15.8. The highest BCUT2D eigenvalue weighted by molar-refractivity contribution is 5.97. The third-order valence-corrected chi connectivity index (χ3v) is 5.78. The van der Waals surface area contributed by atoms with Gasteiger partial charge in [0.2, 0.25) is 5.95 Å². The highest BCUT2D eigenvalue weighted by Crippen LogP contribution is 2.21. The molecule has 0 saturated carbocycles. The molecular weight excluding hydrogens is 404 g/mol. The number of anilines is 1. The fourth-order valence-electron chi connectivity index (χ4n) is 4.08. The number of benzene rings is 1. The summed E-state index contributed by atoms with van der Waals surface area (Å²) in [6, 6.07) is 14.8. The van der Waals surface area contributed by atoms with Crippen LogP contribution in [0.4, 0.5) is 5.95 Å². The SMILES string of the molecule is Cn1c(=O)c(C(=O)NC2CCN(c3nccc(-c4cccnc4)n3)C2)cc2ccccc21. The maximum Gasteiger partial charge on any atom is 0.263 e. The van der Waals surface area contributed by atoms with Crippen molar-refractivity contribution in [2.75, 3.05) is 18.0 Å². The summed E-state index contributed by atoms with van der Waals surface area (Å²) in [5.74, 6) is 0.262. The zero-order chi connectivity index (χ0) is 22.1. The number of aromatic nitrogens is 4. The maximum absolute atomic E-state index is 12.9. The summed E-state index contributed by atoms with van der Waals surface area (Å²) < 4.78 is 1.52. The molecule has 1 aromatic carbocycles. The molecule has 1 aliphatic rings. The van der Waals surface area contributed by atoms with Gasteiger partial charge >= 0.3 is 0 Å². The molecule has 0 radical (unpaired) electrons. The third-order valence-electron chi connectivity index (χ3n) is 5.78. The number of pyridine rings is 2. The van der Waals surface area contributed by atoms with E-state index < -0.39 is 0 Å². The Morgan fingerprint density at radius 1 is 1.12 bits per heavy atom. The quantitative estimate of drug-likeness (QED) is 0.539. The lowest BCUT2D eigenvalue weighted by molar-refractivity contribution is 0.0938. The summed E-state index contributed by atoms with van der Waals surface area (Å²) in [4.78, 5) is 40.9. The van der Waals surface area contributed by atoms with Gasteiger partial charge in [0, 0.05) is 50.3 Å². The third kappa shape index (κ3) is 3.71. The Morgan fingerprint density at radius 2 is 2.00 bits per heavy atom. The average molecular weight is 426 g/mol. The van der Waals surface area contributed by atoms with E-state index in [-0.39, 0.29) is 23.1 Å². The van der Waals surface area contributed by atoms with Crippen LogP contribution >= 0.6 is 0 Å². The van der Waals surface area contributed by atoms with Gasteiger partial charge in [-0.1, -0.05) is 18.2 Å². The molecule has 8 heteroatoms. The summed E-state index contributed by atoms with van der Waals surface area (Å²) in [7, 11) is 1.69. The zero-order valence-corrected chi connectivity index (χ0v) is 17.6. The fourth-order valence-corrected chi connectivity index (χ4v) is 4.08. The van der Waals surface area contributed by atoms with Gasteiger partial charge in [0.15, 0.2) is 0 Å². The Bertz CT molecular complexity index is 1350. The molecule has 3 aromatic heterocycles. The number of fused-ring (bicyclic) bond motifs is 1. The molecular formula is C24H22N6O2. The molecule has 5 rings (SSSR count). The predicted molar refractivity (Wildman–Crippen MR) is 123 cm³/mol. The molecule has 1 unspecified atom stereocenters. The van der Waals surface area contributed by atoms with Crippen LogP contribution in [0.15, 0.2) is 71.9 Å². The minimum atomic E-state index is -0.353. The second-order valence-corrected chi connectivity index (χ2v) is 7.87. The van der Waals surface area contributed by atoms with Gasteiger partial charge < -0.3 is 14.8 Å². The molecule has 4 heterocycles. The summed E-state index contributed by atoms with van der Waals surface area (Å²) in [5, 5.41) is 3.87. The number of aryl methyl sites for hydroxylation is 1. The first kappa shape index (κ1) is 19.9. The molecule has 1 amide bonds. The number of rotatable bonds is 4. The summed E-state index contributed by atoms with van der Waals surface area (Å²) in [6.07, 6.45) is 5.97. The van der Waals surface area contributed by atoms with Gasteiger partial charge in [-0.15, -0.1) is 0 Å². The lowest BCUT2D eigenvalue weighted by atomic mass is 10.1. The van der Waals surface area contributed by atoms with Crippen molar-refractivity contribution in [1.29, 1.82) is 0 Å². The number of hydrogen-bond donors (Lipinski definition) is 1. The van der Waals surface area contributed by atoms with Crippen LogP contribution in [0.25, 0.3) is 22.2 Å². The monoisotopic (exact) mass is 426 g/mol. The van der Waals surface area contributed by atoms with Gasteiger partial charge in [0.25, 0.3) is 11.5 Å². The fraction of sp³-hybridized carbons (Fsp3) is 0.208. The van der Waals surface area contributed by atoms with Crippen molar-refractivity contribution >= 4 is 22.8 Å². The second kappa shape index (κ2) is 8.22. The maximum atomic E-state index is 12.9. The highest BCUT2D eigenvalue weighted by atomic mass is 16.2. The summed E-state index contributed by atoms with van der Waals surface area (Å²) in [6.45, 7) is 1.30. The van der Waals surface area contributed by atoms with E-state index in [1.807, 2.05) is 47.4 Å². The van der Waals surface area contributed by atoms with Gasteiger partial charge in [0.05, 0.1) is 11.2 Å². The van der Waals surface area contributed by atoms with Crippen molar-refractivity contribution in [3.8, 4) is 11.3 Å². The molecule has 8 nitrogen and oxygen atoms in total. The number of carbonyl (C=O) groups is 1. The Labute approximate surface area is 184 Å². The van der Waals surface area contributed by atoms with Gasteiger partial charge in [-0.25, -0.2) is 9.97 Å². The van der Waals surface area contributed by atoms with E-state index in [2.05, 4.69) is 20.3 Å². The van der Waals surface area contributed by atoms with Crippen LogP contribution in [0.3, 0.4) is 0 Å². The van der Waals surface area contributed by atoms with E-state index in [1.54, 1.807) is 31.7 Å². The number of amides is 1. The van der Waals surface area contributed by atoms with Crippen molar-refractivity contribution in [3.63, 3.8) is 0 Å².